The summed E-state index contributed by atoms with van der Waals surface area (Å²) in [6, 6.07) is 15.3. The van der Waals surface area contributed by atoms with Crippen LogP contribution < -0.4 is 14.4 Å². The number of nitrogens with zero attached hydrogens (tertiary/aromatic N) is 1. The summed E-state index contributed by atoms with van der Waals surface area (Å²) < 4.78 is 72.2. The van der Waals surface area contributed by atoms with Gasteiger partial charge in [-0.1, -0.05) is 23.8 Å². The van der Waals surface area contributed by atoms with Crippen LogP contribution in [0.1, 0.15) is 16.7 Å². The zero-order chi connectivity index (χ0) is 24.7. The topological polar surface area (TPSA) is 75.7 Å². The van der Waals surface area contributed by atoms with Gasteiger partial charge in [-0.25, -0.2) is 8.42 Å². The molecule has 0 radical (unpaired) electrons. The van der Waals surface area contributed by atoms with Crippen molar-refractivity contribution < 1.29 is 31.1 Å². The lowest BCUT2D eigenvalue weighted by Gasteiger charge is -2.35. The lowest BCUT2D eigenvalue weighted by Crippen LogP contribution is -2.48. The molecule has 1 atom stereocenters. The van der Waals surface area contributed by atoms with Crippen molar-refractivity contribution in [2.24, 2.45) is 0 Å². The second-order valence-electron chi connectivity index (χ2n) is 7.99. The first kappa shape index (κ1) is 23.6. The predicted octanol–water partition coefficient (Wildman–Crippen LogP) is 4.92. The zero-order valence-corrected chi connectivity index (χ0v) is 19.1. The molecule has 0 fully saturated rings. The van der Waals surface area contributed by atoms with Crippen molar-refractivity contribution in [1.82, 2.24) is 0 Å². The van der Waals surface area contributed by atoms with Crippen molar-refractivity contribution in [3.63, 3.8) is 0 Å². The van der Waals surface area contributed by atoms with E-state index in [0.717, 1.165) is 39.7 Å². The number of alkyl halides is 3. The van der Waals surface area contributed by atoms with Gasteiger partial charge in [0.1, 0.15) is 5.75 Å². The molecule has 0 aliphatic carbocycles. The number of nitrogens with one attached hydrogen (secondary N) is 1. The van der Waals surface area contributed by atoms with Gasteiger partial charge in [0.15, 0.2) is 6.10 Å². The molecule has 0 saturated carbocycles. The van der Waals surface area contributed by atoms with Crippen LogP contribution in [0.2, 0.25) is 0 Å². The van der Waals surface area contributed by atoms with E-state index < -0.39 is 33.8 Å². The molecule has 1 amide bonds. The van der Waals surface area contributed by atoms with E-state index in [1.54, 1.807) is 37.3 Å². The first-order valence-electron chi connectivity index (χ1n) is 10.3. The van der Waals surface area contributed by atoms with E-state index in [2.05, 4.69) is 5.32 Å². The Labute approximate surface area is 195 Å². The van der Waals surface area contributed by atoms with Crippen LogP contribution in [0.15, 0.2) is 71.6 Å². The molecule has 0 spiro atoms. The van der Waals surface area contributed by atoms with E-state index in [0.29, 0.717) is 5.69 Å². The van der Waals surface area contributed by atoms with E-state index in [1.807, 2.05) is 6.92 Å². The monoisotopic (exact) mass is 490 g/mol. The molecular formula is C24H21F3N2O4S. The van der Waals surface area contributed by atoms with Gasteiger partial charge in [-0.2, -0.15) is 13.2 Å². The number of halogens is 3. The third-order valence-electron chi connectivity index (χ3n) is 5.37. The normalized spacial score (nSPS) is 15.9. The van der Waals surface area contributed by atoms with Gasteiger partial charge >= 0.3 is 6.18 Å². The molecule has 1 aliphatic heterocycles. The van der Waals surface area contributed by atoms with Gasteiger partial charge in [-0.15, -0.1) is 0 Å². The summed E-state index contributed by atoms with van der Waals surface area (Å²) in [4.78, 5) is 13.0. The lowest BCUT2D eigenvalue weighted by molar-refractivity contribution is -0.137. The van der Waals surface area contributed by atoms with Crippen molar-refractivity contribution in [3.05, 3.63) is 83.4 Å². The van der Waals surface area contributed by atoms with Crippen molar-refractivity contribution in [3.8, 4) is 5.75 Å². The quantitative estimate of drug-likeness (QED) is 0.564. The highest BCUT2D eigenvalue weighted by atomic mass is 32.2. The standard InChI is InChI=1S/C24H21F3N2O4S/c1-15-3-10-19(11-4-15)34(31,32)29-14-22(33-21-12-5-16(2)13-20(21)29)23(30)28-18-8-6-17(7-9-18)24(25,26)27/h3-13,22H,14H2,1-2H3,(H,28,30)/t22-/m1/s1. The number of fused-ring (bicyclic) bond motifs is 1. The number of carbonyl (C=O) groups excluding carboxylic acids is 1. The Morgan fingerprint density at radius 2 is 1.59 bits per heavy atom. The molecule has 34 heavy (non-hydrogen) atoms. The minimum atomic E-state index is -4.50. The molecule has 3 aromatic carbocycles. The summed E-state index contributed by atoms with van der Waals surface area (Å²) in [5.41, 5.74) is 1.28. The van der Waals surface area contributed by atoms with E-state index in [4.69, 9.17) is 4.74 Å². The van der Waals surface area contributed by atoms with Gasteiger partial charge < -0.3 is 10.1 Å². The van der Waals surface area contributed by atoms with Crippen LogP contribution in [0.3, 0.4) is 0 Å². The highest BCUT2D eigenvalue weighted by molar-refractivity contribution is 7.92. The minimum Gasteiger partial charge on any atom is -0.476 e. The second kappa shape index (κ2) is 8.68. The molecule has 0 bridgehead atoms. The largest absolute Gasteiger partial charge is 0.476 e. The fraction of sp³-hybridized carbons (Fsp3) is 0.208. The summed E-state index contributed by atoms with van der Waals surface area (Å²) in [6.07, 6.45) is -5.72. The van der Waals surface area contributed by atoms with Crippen LogP contribution in [0, 0.1) is 13.8 Å². The molecule has 0 aromatic heterocycles. The molecule has 178 valence electrons. The molecule has 1 aliphatic rings. The predicted molar refractivity (Wildman–Crippen MR) is 121 cm³/mol. The van der Waals surface area contributed by atoms with Gasteiger partial charge in [0.05, 0.1) is 22.7 Å². The third-order valence-corrected chi connectivity index (χ3v) is 7.16. The Morgan fingerprint density at radius 1 is 0.971 bits per heavy atom. The molecular weight excluding hydrogens is 469 g/mol. The van der Waals surface area contributed by atoms with Crippen LogP contribution in [0.5, 0.6) is 5.75 Å². The lowest BCUT2D eigenvalue weighted by atomic mass is 10.1. The first-order chi connectivity index (χ1) is 15.9. The Morgan fingerprint density at radius 3 is 2.21 bits per heavy atom. The molecule has 3 aromatic rings. The Balaban J connectivity index is 1.63. The maximum Gasteiger partial charge on any atom is 0.416 e. The van der Waals surface area contributed by atoms with Crippen LogP contribution in [0.4, 0.5) is 24.5 Å². The Hall–Kier alpha value is -3.53. The van der Waals surface area contributed by atoms with E-state index >= 15 is 0 Å². The number of carbonyl (C=O) groups is 1. The first-order valence-corrected chi connectivity index (χ1v) is 11.7. The molecule has 0 saturated heterocycles. The van der Waals surface area contributed by atoms with Gasteiger partial charge in [-0.05, 0) is 67.9 Å². The summed E-state index contributed by atoms with van der Waals surface area (Å²) >= 11 is 0. The third kappa shape index (κ3) is 4.72. The molecule has 1 heterocycles. The van der Waals surface area contributed by atoms with Crippen LogP contribution >= 0.6 is 0 Å². The number of amides is 1. The number of hydrogen-bond acceptors (Lipinski definition) is 4. The summed E-state index contributed by atoms with van der Waals surface area (Å²) in [7, 11) is -4.02. The van der Waals surface area contributed by atoms with Gasteiger partial charge in [0.25, 0.3) is 15.9 Å². The number of sulfonamides is 1. The second-order valence-corrected chi connectivity index (χ2v) is 9.85. The summed E-state index contributed by atoms with van der Waals surface area (Å²) in [6.45, 7) is 3.34. The van der Waals surface area contributed by atoms with Crippen molar-refractivity contribution in [1.29, 1.82) is 0 Å². The van der Waals surface area contributed by atoms with Crippen LogP contribution in [-0.2, 0) is 21.0 Å². The fourth-order valence-corrected chi connectivity index (χ4v) is 5.00. The molecule has 0 unspecified atom stereocenters. The van der Waals surface area contributed by atoms with Gasteiger partial charge in [0.2, 0.25) is 0 Å². The van der Waals surface area contributed by atoms with Gasteiger partial charge in [0, 0.05) is 5.69 Å². The van der Waals surface area contributed by atoms with E-state index in [1.165, 1.54) is 12.1 Å². The highest BCUT2D eigenvalue weighted by Gasteiger charge is 2.38. The maximum absolute atomic E-state index is 13.5. The minimum absolute atomic E-state index is 0.0642. The summed E-state index contributed by atoms with van der Waals surface area (Å²) in [5.74, 6) is -0.477. The molecule has 10 heteroatoms. The Bertz CT molecular complexity index is 1320. The van der Waals surface area contributed by atoms with E-state index in [-0.39, 0.29) is 22.9 Å². The SMILES string of the molecule is Cc1ccc(S(=O)(=O)N2C[C@H](C(=O)Nc3ccc(C(F)(F)F)cc3)Oc3ccc(C)cc32)cc1. The molecule has 4 rings (SSSR count). The average molecular weight is 491 g/mol. The number of aryl methyl sites for hydroxylation is 2. The number of anilines is 2. The number of benzene rings is 3. The highest BCUT2D eigenvalue weighted by Crippen LogP contribution is 2.38. The maximum atomic E-state index is 13.5. The average Bonchev–Trinajstić information content (AvgIpc) is 2.78. The molecule has 1 N–H and O–H groups in total. The zero-order valence-electron chi connectivity index (χ0n) is 18.3. The van der Waals surface area contributed by atoms with Crippen LogP contribution in [-0.4, -0.2) is 27.0 Å². The van der Waals surface area contributed by atoms with E-state index in [9.17, 15) is 26.4 Å². The summed E-state index contributed by atoms with van der Waals surface area (Å²) in [5, 5.41) is 2.50. The molecule has 6 nitrogen and oxygen atoms in total. The van der Waals surface area contributed by atoms with Gasteiger partial charge in [-0.3, -0.25) is 9.10 Å². The van der Waals surface area contributed by atoms with Crippen molar-refractivity contribution in [2.45, 2.75) is 31.0 Å². The fourth-order valence-electron chi connectivity index (χ4n) is 3.53. The Kier molecular flexibility index (Phi) is 6.03. The number of hydrogen-bond donors (Lipinski definition) is 1. The number of rotatable bonds is 4. The number of ether oxygens (including phenoxy) is 1. The van der Waals surface area contributed by atoms with Crippen molar-refractivity contribution >= 4 is 27.3 Å². The van der Waals surface area contributed by atoms with Crippen LogP contribution in [0.25, 0.3) is 0 Å². The smallest absolute Gasteiger partial charge is 0.416 e. The van der Waals surface area contributed by atoms with Crippen molar-refractivity contribution in [2.75, 3.05) is 16.2 Å².